The van der Waals surface area contributed by atoms with Gasteiger partial charge in [0.05, 0.1) is 81.8 Å². The van der Waals surface area contributed by atoms with Crippen molar-refractivity contribution in [1.82, 2.24) is 34.6 Å². The molecule has 39 nitrogen and oxygen atoms in total. The Morgan fingerprint density at radius 2 is 1.45 bits per heavy atom. The highest BCUT2D eigenvalue weighted by Gasteiger charge is 2.68. The standard InChI is InChI=1S/C37H67NO13.C22H24N2O8.C19H19N3O5S.C18H20FN3O4/c1-14-25-37(10,45)30(41)20(4)27(39)18(2)16-35(8,44)32(51-34-28(40)24(38(11)12)15-19(3)47-34)21(5)29(22(6)33(43)49-25)50-26-17-36(9,46-13)31(42)23(7)48-26;1-21(31)8-5-4-6-11(25)12(8)16(26)13-9(21)7-10-15(24(2)3)17(27)14(20(23)30)19(29)22(10,32)18(13)28;1-9-11(12(21-27-9)10-7-5-4-6-8-10)15(23)20-13-16(24)22-14(18(25)26)19(2,3)28-17(13)22;1-10-9-26-17-14-11(16(23)12(18(24)25)8-22(10)14)7-13(19)15(17)21-5-3-20(2)4-6-21/h18-26,28-32,34,40-42,44-45H,14-17H2,1-13H3;4-6,9-10,15,25-26,29,31-32H,7H2,1-3H3,(H2,23,30);4-8,13-14,17H,1-3H3,(H,20,23)(H,25,26);7-8,10H,3-6,9H2,1-2H3,(H,24,25)/t18-,19-,20+,21+,22-,23+,24+,25-,26+,28-,29+,30-,31+,32-,34+,35-,36-,37-;9-,10-,15-,21+,22-;13-,14+,17-;/m101./s1. The molecule has 10 aliphatic rings. The number of aromatic hydroxyl groups is 1. The van der Waals surface area contributed by atoms with Crippen LogP contribution in [0.4, 0.5) is 10.1 Å². The number of pyridine rings is 1. The summed E-state index contributed by atoms with van der Waals surface area (Å²) in [6.45, 7) is 28.0. The first-order valence-corrected chi connectivity index (χ1v) is 46.7. The number of carbonyl (C=O) groups is 9. The molecule has 2 aromatic heterocycles. The number of rotatable bonds is 15. The van der Waals surface area contributed by atoms with Crippen LogP contribution >= 0.6 is 11.8 Å². The third kappa shape index (κ3) is 19.4. The van der Waals surface area contributed by atoms with Crippen LogP contribution in [0.15, 0.2) is 87.0 Å². The van der Waals surface area contributed by atoms with Gasteiger partial charge in [-0.25, -0.2) is 14.0 Å². The number of aliphatic hydroxyl groups excluding tert-OH is 5. The Hall–Kier alpha value is -9.93. The number of aliphatic carboxylic acids is 1. The summed E-state index contributed by atoms with van der Waals surface area (Å²) in [5.74, 6) is -16.0. The van der Waals surface area contributed by atoms with Crippen LogP contribution in [0.2, 0.25) is 0 Å². The van der Waals surface area contributed by atoms with E-state index >= 15 is 0 Å². The number of carboxylic acids is 2. The molecule has 15 rings (SSSR count). The van der Waals surface area contributed by atoms with Gasteiger partial charge >= 0.3 is 17.9 Å². The van der Waals surface area contributed by atoms with Crippen molar-refractivity contribution in [2.75, 3.05) is 80.0 Å². The Morgan fingerprint density at radius 1 is 0.803 bits per heavy atom. The second-order valence-corrected chi connectivity index (χ2v) is 41.5. The fourth-order valence-electron chi connectivity index (χ4n) is 21.4. The number of piperazine rings is 1. The molecule has 7 aliphatic heterocycles. The van der Waals surface area contributed by atoms with E-state index in [1.54, 1.807) is 66.9 Å². The number of ketones is 3. The van der Waals surface area contributed by atoms with Crippen molar-refractivity contribution in [3.63, 3.8) is 0 Å². The first-order chi connectivity index (χ1) is 63.8. The molecule has 1 saturated carbocycles. The van der Waals surface area contributed by atoms with Crippen LogP contribution < -0.4 is 26.1 Å². The maximum absolute atomic E-state index is 15.0. The Kier molecular flexibility index (Phi) is 30.9. The predicted octanol–water partition coefficient (Wildman–Crippen LogP) is 4.85. The lowest BCUT2D eigenvalue weighted by atomic mass is 9.54. The highest BCUT2D eigenvalue weighted by molar-refractivity contribution is 8.01. The zero-order chi connectivity index (χ0) is 102. The van der Waals surface area contributed by atoms with E-state index in [9.17, 15) is 114 Å². The average molecular weight is 1940 g/mol. The number of carbonyl (C=O) groups excluding carboxylic acids is 7. The minimum absolute atomic E-state index is 0.0434. The number of thioether (sulfide) groups is 1. The number of aryl methyl sites for hydroxylation is 1. The Labute approximate surface area is 795 Å². The molecule has 3 aromatic carbocycles. The van der Waals surface area contributed by atoms with Gasteiger partial charge in [-0.2, -0.15) is 0 Å². The number of nitrogens with zero attached hydrogens (tertiary/aromatic N) is 7. The second-order valence-electron chi connectivity index (χ2n) is 39.8. The smallest absolute Gasteiger partial charge is 0.341 e. The molecule has 15 N–H and O–H groups in total. The van der Waals surface area contributed by atoms with Crippen LogP contribution in [-0.4, -0.2) is 337 Å². The Morgan fingerprint density at radius 3 is 2.04 bits per heavy atom. The molecule has 3 amide bonds. The number of primary amides is 1. The quantitative estimate of drug-likeness (QED) is 0.0378. The molecule has 6 saturated heterocycles. The number of benzene rings is 3. The topological polar surface area (TPSA) is 563 Å². The number of Topliss-reactive ketones (excluding diaryl/α,β-unsaturated/α-hetero) is 3. The molecule has 41 heteroatoms. The van der Waals surface area contributed by atoms with E-state index in [4.69, 9.17) is 43.4 Å². The van der Waals surface area contributed by atoms with Crippen LogP contribution in [0.5, 0.6) is 11.5 Å². The molecule has 9 heterocycles. The van der Waals surface area contributed by atoms with Crippen molar-refractivity contribution in [3.8, 4) is 22.8 Å². The molecule has 7 fully saturated rings. The number of nitrogens with one attached hydrogen (secondary N) is 1. The van der Waals surface area contributed by atoms with Crippen LogP contribution in [0, 0.1) is 48.2 Å². The number of aliphatic hydroxyl groups is 9. The number of amides is 3. The van der Waals surface area contributed by atoms with Crippen molar-refractivity contribution >= 4 is 87.1 Å². The molecule has 137 heavy (non-hydrogen) atoms. The molecular formula is C96H130FN9O30S. The van der Waals surface area contributed by atoms with Crippen molar-refractivity contribution in [2.45, 2.75) is 266 Å². The summed E-state index contributed by atoms with van der Waals surface area (Å²) in [6.07, 6.45) is -8.57. The molecule has 3 aliphatic carbocycles. The lowest BCUT2D eigenvalue weighted by Gasteiger charge is -2.53. The number of halogens is 1. The molecule has 0 bridgehead atoms. The van der Waals surface area contributed by atoms with Gasteiger partial charge in [-0.05, 0) is 155 Å². The number of likely N-dealkylation sites (N-methyl/N-ethyl adjacent to an activating group) is 3. The van der Waals surface area contributed by atoms with Gasteiger partial charge < -0.3 is 134 Å². The highest BCUT2D eigenvalue weighted by atomic mass is 32.2. The number of hydrogen-bond donors (Lipinski definition) is 14. The number of hydrogen-bond acceptors (Lipinski definition) is 34. The molecular weight excluding hydrogens is 1810 g/mol. The predicted molar refractivity (Wildman–Crippen MR) is 493 cm³/mol. The number of esters is 1. The Balaban J connectivity index is 0.000000170. The fourth-order valence-corrected chi connectivity index (χ4v) is 23.0. The first kappa shape index (κ1) is 106. The normalized spacial score (nSPS) is 35.5. The number of nitrogens with two attached hydrogens (primary N) is 1. The van der Waals surface area contributed by atoms with Gasteiger partial charge in [-0.1, -0.05) is 75.3 Å². The van der Waals surface area contributed by atoms with Crippen molar-refractivity contribution in [1.29, 1.82) is 0 Å². The van der Waals surface area contributed by atoms with E-state index in [2.05, 4.69) is 15.4 Å². The summed E-state index contributed by atoms with van der Waals surface area (Å²) in [6, 6.07) is 11.1. The SMILES string of the molecule is CC1COc2c(N3CCN(C)CC3)c(F)cc3c(=O)c(C(=O)O)cn1c23.CC[C@H]1OC(=O)[C@H](C)[C@@H](O[C@H]2C[C@@](C)(OC)[C@@H](O)[C@H](C)O2)[C@H](C)[C@@H](O[C@@H]2O[C@H](C)C[C@H](N(C)C)[C@H]2O)[C@](C)(O)C[C@@H](C)C(=O)[C@H](C)[C@@H](O)[C@]1(C)O.CN(C)[C@@H]1C(=O)C(C(N)=O)=C(O)[C@@]2(O)C(=O)C3=C(O)c4c(O)cccc4[C@@](C)(O)[C@H]3C[C@@H]12.Cc1onc(-c2ccccc2)c1C(=O)N[C@@H]1C(=O)N2[C@@H]1SC(C)(C)[C@@H]2C(=O)O. The number of β-lactam (4-membered cyclic amide) rings is 1. The van der Waals surface area contributed by atoms with Crippen molar-refractivity contribution in [2.24, 2.45) is 41.2 Å². The van der Waals surface area contributed by atoms with E-state index in [1.807, 2.05) is 75.1 Å². The van der Waals surface area contributed by atoms with Gasteiger partial charge in [0.1, 0.15) is 105 Å². The monoisotopic (exact) mass is 1940 g/mol. The summed E-state index contributed by atoms with van der Waals surface area (Å²) in [5, 5.41) is 138. The van der Waals surface area contributed by atoms with Gasteiger partial charge in [0.25, 0.3) is 11.8 Å². The highest BCUT2D eigenvalue weighted by Crippen LogP contribution is 2.58. The minimum Gasteiger partial charge on any atom is -0.508 e. The number of phenolic OH excluding ortho intramolecular Hbond substituents is 1. The third-order valence-electron chi connectivity index (χ3n) is 29.1. The molecule has 5 aromatic rings. The van der Waals surface area contributed by atoms with Crippen LogP contribution in [-0.2, 0) is 67.6 Å². The van der Waals surface area contributed by atoms with E-state index < -0.39 is 234 Å². The summed E-state index contributed by atoms with van der Waals surface area (Å²) >= 11 is 1.38. The van der Waals surface area contributed by atoms with Gasteiger partial charge in [0, 0.05) is 97.4 Å². The van der Waals surface area contributed by atoms with Crippen LogP contribution in [0.25, 0.3) is 27.9 Å². The van der Waals surface area contributed by atoms with Gasteiger partial charge in [0.15, 0.2) is 35.5 Å². The maximum atomic E-state index is 15.0. The Bertz CT molecular complexity index is 5600. The molecule has 0 spiro atoms. The van der Waals surface area contributed by atoms with Gasteiger partial charge in [-0.15, -0.1) is 11.8 Å². The fraction of sp³-hybridized carbons (Fsp3) is 0.615. The summed E-state index contributed by atoms with van der Waals surface area (Å²) < 4.78 is 64.2. The summed E-state index contributed by atoms with van der Waals surface area (Å²) in [7, 11) is 10.2. The van der Waals surface area contributed by atoms with Crippen LogP contribution in [0.1, 0.15) is 173 Å². The number of phenols is 1. The van der Waals surface area contributed by atoms with Crippen LogP contribution in [0.3, 0.4) is 0 Å². The van der Waals surface area contributed by atoms with E-state index in [0.29, 0.717) is 47.9 Å². The first-order valence-electron chi connectivity index (χ1n) is 45.8. The second kappa shape index (κ2) is 40.0. The molecule has 27 atom stereocenters. The van der Waals surface area contributed by atoms with E-state index in [-0.39, 0.29) is 84.0 Å². The van der Waals surface area contributed by atoms with E-state index in [1.165, 1.54) is 94.9 Å². The van der Waals surface area contributed by atoms with E-state index in [0.717, 1.165) is 24.7 Å². The van der Waals surface area contributed by atoms with Crippen molar-refractivity contribution < 1.29 is 147 Å². The number of ether oxygens (including phenoxy) is 7. The molecule has 0 radical (unpaired) electrons. The maximum Gasteiger partial charge on any atom is 0.341 e. The minimum atomic E-state index is -2.75. The number of aromatic nitrogens is 2. The average Bonchev–Trinajstić information content (AvgIpc) is 1.66. The van der Waals surface area contributed by atoms with Gasteiger partial charge in [0.2, 0.25) is 17.1 Å². The summed E-state index contributed by atoms with van der Waals surface area (Å²) in [5.41, 5.74) is -4.20. The number of aromatic carboxylic acids is 1. The lowest BCUT2D eigenvalue weighted by Crippen LogP contribution is -2.70. The number of methoxy groups -OCH3 is 1. The number of carboxylic acid groups (broad SMARTS) is 2. The van der Waals surface area contributed by atoms with Crippen molar-refractivity contribution in [3.05, 3.63) is 122 Å². The largest absolute Gasteiger partial charge is 0.508 e. The summed E-state index contributed by atoms with van der Waals surface area (Å²) in [4.78, 5) is 136. The van der Waals surface area contributed by atoms with Gasteiger partial charge in [-0.3, -0.25) is 43.3 Å². The number of cyclic esters (lactones) is 1. The number of anilines is 1. The number of fused-ring (bicyclic) bond motifs is 4. The molecule has 1 unspecified atom stereocenters. The third-order valence-corrected chi connectivity index (χ3v) is 30.7. The zero-order valence-electron chi connectivity index (χ0n) is 80.8. The molecule has 752 valence electrons. The lowest BCUT2D eigenvalue weighted by molar-refractivity contribution is -0.318. The zero-order valence-corrected chi connectivity index (χ0v) is 81.6.